The van der Waals surface area contributed by atoms with Gasteiger partial charge in [-0.05, 0) is 57.3 Å². The van der Waals surface area contributed by atoms with E-state index in [0.717, 1.165) is 49.3 Å². The number of nitrogens with zero attached hydrogens (tertiary/aromatic N) is 3. The maximum atomic E-state index is 12.9. The van der Waals surface area contributed by atoms with E-state index in [9.17, 15) is 9.70 Å². The first kappa shape index (κ1) is 27.7. The Balaban J connectivity index is 1.10. The van der Waals surface area contributed by atoms with Crippen LogP contribution >= 0.6 is 0 Å². The number of nitrogens with one attached hydrogen (secondary N) is 2. The molecule has 4 fully saturated rings. The number of carbonyl (C=O) groups excluding carboxylic acids is 1. The van der Waals surface area contributed by atoms with Crippen molar-refractivity contribution in [2.75, 3.05) is 39.8 Å². The second-order valence-electron chi connectivity index (χ2n) is 11.8. The number of rotatable bonds is 11. The van der Waals surface area contributed by atoms with Crippen LogP contribution in [0.3, 0.4) is 0 Å². The molecule has 1 heterocycles. The zero-order valence-corrected chi connectivity index (χ0v) is 22.7. The average Bonchev–Trinajstić information content (AvgIpc) is 3.32. The SMILES string of the molecule is CC1CCC(OCCN(C)C(=O)CN2CC(N[N+](=O)[C@@H]3CCC[C@@H](OC4CCCCC4)C3)CN2)CC1. The molecule has 4 aliphatic rings. The van der Waals surface area contributed by atoms with Crippen LogP contribution in [0, 0.1) is 10.8 Å². The van der Waals surface area contributed by atoms with E-state index in [1.165, 1.54) is 44.9 Å². The fraction of sp³-hybridized carbons (Fsp3) is 0.963. The van der Waals surface area contributed by atoms with Crippen LogP contribution in [-0.4, -0.2) is 90.9 Å². The van der Waals surface area contributed by atoms with Gasteiger partial charge in [-0.25, -0.2) is 5.01 Å². The van der Waals surface area contributed by atoms with Crippen molar-refractivity contribution in [1.82, 2.24) is 20.8 Å². The lowest BCUT2D eigenvalue weighted by atomic mass is 9.89. The molecule has 3 saturated carbocycles. The third kappa shape index (κ3) is 8.64. The van der Waals surface area contributed by atoms with Gasteiger partial charge < -0.3 is 14.4 Å². The van der Waals surface area contributed by atoms with Crippen LogP contribution in [-0.2, 0) is 14.3 Å². The maximum Gasteiger partial charge on any atom is 0.238 e. The molecule has 36 heavy (non-hydrogen) atoms. The summed E-state index contributed by atoms with van der Waals surface area (Å²) in [7, 11) is 1.84. The topological polar surface area (TPSA) is 86.2 Å². The van der Waals surface area contributed by atoms with Gasteiger partial charge in [-0.2, -0.15) is 0 Å². The largest absolute Gasteiger partial charge is 0.376 e. The summed E-state index contributed by atoms with van der Waals surface area (Å²) in [4.78, 5) is 28.4. The Hall–Kier alpha value is -1.29. The van der Waals surface area contributed by atoms with Gasteiger partial charge in [-0.15, -0.1) is 5.43 Å². The van der Waals surface area contributed by atoms with Crippen molar-refractivity contribution in [3.05, 3.63) is 4.91 Å². The number of amides is 1. The second kappa shape index (κ2) is 14.0. The number of hydrazine groups is 2. The van der Waals surface area contributed by atoms with Crippen molar-refractivity contribution < 1.29 is 19.1 Å². The zero-order chi connectivity index (χ0) is 25.3. The average molecular weight is 509 g/mol. The van der Waals surface area contributed by atoms with E-state index >= 15 is 0 Å². The molecular formula is C27H50N5O4+. The molecule has 3 atom stereocenters. The van der Waals surface area contributed by atoms with E-state index in [0.29, 0.717) is 45.0 Å². The van der Waals surface area contributed by atoms with Gasteiger partial charge in [0.15, 0.2) is 0 Å². The first-order valence-corrected chi connectivity index (χ1v) is 14.7. The van der Waals surface area contributed by atoms with Crippen LogP contribution in [0.4, 0.5) is 0 Å². The summed E-state index contributed by atoms with van der Waals surface area (Å²) >= 11 is 0. The summed E-state index contributed by atoms with van der Waals surface area (Å²) < 4.78 is 12.4. The second-order valence-corrected chi connectivity index (χ2v) is 11.8. The normalized spacial score (nSPS) is 32.3. The van der Waals surface area contributed by atoms with Crippen molar-refractivity contribution in [2.45, 2.75) is 121 Å². The molecule has 2 N–H and O–H groups in total. The highest BCUT2D eigenvalue weighted by molar-refractivity contribution is 5.77. The standard InChI is InChI=1S/C27H50N5O4/c1-21-11-13-24(14-12-21)35-16-15-30(2)27(33)20-31-19-22(18-28-31)29-32(34)23-7-6-10-26(17-23)36-25-8-4-3-5-9-25/h21-26,28H,3-20H2,1-2H3,(H,29,34)/q+1/t21?,22?,23-,24?,26-/m1/s1. The molecule has 4 rings (SSSR count). The summed E-state index contributed by atoms with van der Waals surface area (Å²) in [6.07, 6.45) is 15.8. The minimum Gasteiger partial charge on any atom is -0.376 e. The third-order valence-electron chi connectivity index (χ3n) is 8.67. The molecule has 1 amide bonds. The Kier molecular flexibility index (Phi) is 10.8. The molecule has 9 heteroatoms. The quantitative estimate of drug-likeness (QED) is 0.327. The van der Waals surface area contributed by atoms with E-state index in [2.05, 4.69) is 17.8 Å². The summed E-state index contributed by atoms with van der Waals surface area (Å²) in [6, 6.07) is -0.0428. The lowest BCUT2D eigenvalue weighted by molar-refractivity contribution is -0.649. The Morgan fingerprint density at radius 3 is 2.53 bits per heavy atom. The summed E-state index contributed by atoms with van der Waals surface area (Å²) in [5.41, 5.74) is 6.43. The lowest BCUT2D eigenvalue weighted by Crippen LogP contribution is -2.47. The van der Waals surface area contributed by atoms with Gasteiger partial charge in [-0.3, -0.25) is 10.2 Å². The van der Waals surface area contributed by atoms with Crippen molar-refractivity contribution in [3.63, 3.8) is 0 Å². The number of nitroso groups, excluding NO2 is 1. The van der Waals surface area contributed by atoms with Crippen LogP contribution in [0.15, 0.2) is 0 Å². The zero-order valence-electron chi connectivity index (χ0n) is 22.7. The number of hydrogen-bond acceptors (Lipinski definition) is 6. The first-order valence-electron chi connectivity index (χ1n) is 14.7. The fourth-order valence-electron chi connectivity index (χ4n) is 6.22. The van der Waals surface area contributed by atoms with Gasteiger partial charge in [0.25, 0.3) is 0 Å². The molecule has 0 radical (unpaired) electrons. The highest BCUT2D eigenvalue weighted by Gasteiger charge is 2.37. The smallest absolute Gasteiger partial charge is 0.238 e. The van der Waals surface area contributed by atoms with Crippen LogP contribution in [0.25, 0.3) is 0 Å². The van der Waals surface area contributed by atoms with Gasteiger partial charge in [0.05, 0.1) is 36.4 Å². The summed E-state index contributed by atoms with van der Waals surface area (Å²) in [5.74, 6) is 0.881. The first-order chi connectivity index (χ1) is 17.5. The summed E-state index contributed by atoms with van der Waals surface area (Å²) in [6.45, 7) is 5.09. The van der Waals surface area contributed by atoms with Crippen LogP contribution in [0.2, 0.25) is 0 Å². The molecule has 1 unspecified atom stereocenters. The molecular weight excluding hydrogens is 458 g/mol. The van der Waals surface area contributed by atoms with Gasteiger partial charge in [0, 0.05) is 39.5 Å². The lowest BCUT2D eigenvalue weighted by Gasteiger charge is -2.30. The Morgan fingerprint density at radius 1 is 1.00 bits per heavy atom. The van der Waals surface area contributed by atoms with E-state index in [-0.39, 0.29) is 24.1 Å². The fourth-order valence-corrected chi connectivity index (χ4v) is 6.22. The molecule has 0 spiro atoms. The van der Waals surface area contributed by atoms with Gasteiger partial charge in [0.2, 0.25) is 11.9 Å². The molecule has 206 valence electrons. The molecule has 9 nitrogen and oxygen atoms in total. The van der Waals surface area contributed by atoms with Crippen molar-refractivity contribution >= 4 is 5.91 Å². The maximum absolute atomic E-state index is 12.9. The molecule has 0 aromatic heterocycles. The monoisotopic (exact) mass is 508 g/mol. The van der Waals surface area contributed by atoms with Crippen molar-refractivity contribution in [3.8, 4) is 0 Å². The minimum absolute atomic E-state index is 0.00253. The predicted octanol–water partition coefficient (Wildman–Crippen LogP) is 3.17. The Bertz CT molecular complexity index is 696. The van der Waals surface area contributed by atoms with Crippen LogP contribution < -0.4 is 10.9 Å². The minimum atomic E-state index is -0.0402. The molecule has 3 aliphatic carbocycles. The van der Waals surface area contributed by atoms with Crippen molar-refractivity contribution in [1.29, 1.82) is 0 Å². The number of ether oxygens (including phenoxy) is 2. The Morgan fingerprint density at radius 2 is 1.75 bits per heavy atom. The predicted molar refractivity (Wildman–Crippen MR) is 139 cm³/mol. The molecule has 1 aliphatic heterocycles. The van der Waals surface area contributed by atoms with Gasteiger partial charge >= 0.3 is 0 Å². The van der Waals surface area contributed by atoms with E-state index in [1.807, 2.05) is 12.1 Å². The molecule has 1 saturated heterocycles. The van der Waals surface area contributed by atoms with Crippen LogP contribution in [0.5, 0.6) is 0 Å². The van der Waals surface area contributed by atoms with E-state index < -0.39 is 0 Å². The highest BCUT2D eigenvalue weighted by atomic mass is 16.5. The molecule has 0 aromatic carbocycles. The highest BCUT2D eigenvalue weighted by Crippen LogP contribution is 2.28. The molecule has 0 aromatic rings. The van der Waals surface area contributed by atoms with E-state index in [4.69, 9.17) is 9.47 Å². The van der Waals surface area contributed by atoms with Gasteiger partial charge in [0.1, 0.15) is 10.9 Å². The Labute approximate surface area is 217 Å². The van der Waals surface area contributed by atoms with Crippen molar-refractivity contribution in [2.24, 2.45) is 5.92 Å². The summed E-state index contributed by atoms with van der Waals surface area (Å²) in [5, 5.41) is 1.92. The molecule has 0 bridgehead atoms. The van der Waals surface area contributed by atoms with Gasteiger partial charge in [-0.1, -0.05) is 26.2 Å². The number of hydrogen-bond donors (Lipinski definition) is 2. The third-order valence-corrected chi connectivity index (χ3v) is 8.67. The van der Waals surface area contributed by atoms with Crippen LogP contribution in [0.1, 0.15) is 90.4 Å². The van der Waals surface area contributed by atoms with E-state index in [1.54, 1.807) is 4.90 Å². The number of likely N-dealkylation sites (N-methyl/N-ethyl adjacent to an activating group) is 1. The number of carbonyl (C=O) groups is 1.